The summed E-state index contributed by atoms with van der Waals surface area (Å²) in [5.74, 6) is 1.12. The summed E-state index contributed by atoms with van der Waals surface area (Å²) < 4.78 is 7.71. The molecular weight excluding hydrogens is 546 g/mol. The first-order chi connectivity index (χ1) is 20.0. The van der Waals surface area contributed by atoms with E-state index in [1.165, 1.54) is 17.4 Å². The molecule has 1 aromatic carbocycles. The van der Waals surface area contributed by atoms with E-state index in [9.17, 15) is 9.59 Å². The smallest absolute Gasteiger partial charge is 0.268 e. The van der Waals surface area contributed by atoms with Gasteiger partial charge in [0.1, 0.15) is 5.76 Å². The van der Waals surface area contributed by atoms with Gasteiger partial charge in [-0.3, -0.25) is 14.9 Å². The molecule has 1 saturated heterocycles. The zero-order valence-electron chi connectivity index (χ0n) is 24.8. The number of amides is 2. The van der Waals surface area contributed by atoms with Gasteiger partial charge in [-0.1, -0.05) is 33.4 Å². The lowest BCUT2D eigenvalue weighted by atomic mass is 9.64. The summed E-state index contributed by atoms with van der Waals surface area (Å²) >= 11 is 1.40. The highest BCUT2D eigenvalue weighted by Gasteiger charge is 2.50. The number of rotatable bonds is 8. The molecule has 3 aromatic heterocycles. The highest BCUT2D eigenvalue weighted by molar-refractivity contribution is 7.17. The first kappa shape index (κ1) is 28.4. The van der Waals surface area contributed by atoms with Gasteiger partial charge < -0.3 is 19.2 Å². The number of carbonyl (C=O) groups is 2. The molecule has 4 heterocycles. The summed E-state index contributed by atoms with van der Waals surface area (Å²) in [4.78, 5) is 34.0. The Labute approximate surface area is 250 Å². The van der Waals surface area contributed by atoms with Crippen LogP contribution in [0.3, 0.4) is 0 Å². The molecule has 1 aliphatic carbocycles. The van der Waals surface area contributed by atoms with Crippen molar-refractivity contribution in [2.75, 3.05) is 18.4 Å². The number of hydrogen-bond acceptors (Lipinski definition) is 6. The minimum atomic E-state index is -0.187. The van der Waals surface area contributed by atoms with Crippen molar-refractivity contribution in [1.29, 1.82) is 0 Å². The van der Waals surface area contributed by atoms with E-state index in [-0.39, 0.29) is 28.7 Å². The fourth-order valence-electron chi connectivity index (χ4n) is 6.17. The predicted molar refractivity (Wildman–Crippen MR) is 168 cm³/mol. The molecule has 1 atom stereocenters. The minimum Gasteiger partial charge on any atom is -0.464 e. The summed E-state index contributed by atoms with van der Waals surface area (Å²) in [5.41, 5.74) is 3.30. The molecule has 8 nitrogen and oxygen atoms in total. The third kappa shape index (κ3) is 5.43. The van der Waals surface area contributed by atoms with Crippen molar-refractivity contribution in [2.24, 2.45) is 10.8 Å². The number of anilines is 1. The van der Waals surface area contributed by atoms with Gasteiger partial charge in [0.25, 0.3) is 5.91 Å². The van der Waals surface area contributed by atoms with Crippen LogP contribution in [0.25, 0.3) is 21.7 Å². The number of thiophene rings is 1. The quantitative estimate of drug-likeness (QED) is 0.220. The van der Waals surface area contributed by atoms with E-state index in [1.54, 1.807) is 6.26 Å². The maximum atomic E-state index is 13.4. The summed E-state index contributed by atoms with van der Waals surface area (Å²) in [5, 5.41) is 6.77. The van der Waals surface area contributed by atoms with Crippen LogP contribution in [0.4, 0.5) is 5.95 Å². The fraction of sp³-hybridized carbons (Fsp3) is 0.424. The highest BCUT2D eigenvalue weighted by Crippen LogP contribution is 2.55. The first-order valence-corrected chi connectivity index (χ1v) is 15.5. The number of imidazole rings is 1. The zero-order chi connectivity index (χ0) is 29.6. The van der Waals surface area contributed by atoms with Gasteiger partial charge in [0.2, 0.25) is 11.9 Å². The third-order valence-electron chi connectivity index (χ3n) is 9.11. The molecule has 0 unspecified atom stereocenters. The standard InChI is InChI=1S/C33H39N5O3S/c1-6-29(39)37-14-13-33(20-37)17-23(18-33)38-25-10-9-22(19-34-21(2)32(3,4)5)16-24(25)35-31(38)36-30(40)28-12-11-27(42-28)26-8-7-15-41-26/h6-12,15-16,21,23,34H,1,13-14,17-20H2,2-5H3,(H,35,36,40)/t21-,23?,33?/m0/s1. The largest absolute Gasteiger partial charge is 0.464 e. The molecular formula is C33H39N5O3S. The van der Waals surface area contributed by atoms with Crippen LogP contribution in [0.2, 0.25) is 0 Å². The SMILES string of the molecule is C=CC(=O)N1CCC2(CC(n3c(NC(=O)c4ccc(-c5ccco5)s4)nc4cc(CN[C@@H](C)C(C)(C)C)ccc43)C2)C1. The number of carbonyl (C=O) groups excluding carboxylic acids is 2. The molecule has 6 rings (SSSR count). The molecule has 0 radical (unpaired) electrons. The van der Waals surface area contributed by atoms with E-state index in [0.29, 0.717) is 16.9 Å². The van der Waals surface area contributed by atoms with Crippen LogP contribution in [0.5, 0.6) is 0 Å². The van der Waals surface area contributed by atoms with Gasteiger partial charge in [-0.05, 0) is 85.1 Å². The van der Waals surface area contributed by atoms with E-state index in [2.05, 4.69) is 67.7 Å². The van der Waals surface area contributed by atoms with Gasteiger partial charge in [0.15, 0.2) is 0 Å². The number of benzene rings is 1. The molecule has 4 aromatic rings. The van der Waals surface area contributed by atoms with Crippen molar-refractivity contribution >= 4 is 40.1 Å². The van der Waals surface area contributed by atoms with E-state index < -0.39 is 0 Å². The Kier molecular flexibility index (Phi) is 7.35. The monoisotopic (exact) mass is 585 g/mol. The number of aromatic nitrogens is 2. The Hall–Kier alpha value is -3.69. The van der Waals surface area contributed by atoms with Gasteiger partial charge in [-0.15, -0.1) is 11.3 Å². The maximum Gasteiger partial charge on any atom is 0.268 e. The third-order valence-corrected chi connectivity index (χ3v) is 10.2. The number of fused-ring (bicyclic) bond motifs is 1. The Morgan fingerprint density at radius 1 is 1.24 bits per heavy atom. The van der Waals surface area contributed by atoms with Crippen LogP contribution in [0.15, 0.2) is 65.8 Å². The van der Waals surface area contributed by atoms with E-state index in [4.69, 9.17) is 9.40 Å². The normalized spacial score (nSPS) is 21.0. The number of furan rings is 1. The average molecular weight is 586 g/mol. The van der Waals surface area contributed by atoms with Crippen molar-refractivity contribution in [3.05, 3.63) is 71.8 Å². The lowest BCUT2D eigenvalue weighted by Gasteiger charge is -2.46. The molecule has 1 aliphatic heterocycles. The molecule has 220 valence electrons. The molecule has 9 heteroatoms. The number of likely N-dealkylation sites (tertiary alicyclic amines) is 1. The molecule has 2 amide bonds. The summed E-state index contributed by atoms with van der Waals surface area (Å²) in [6.07, 6.45) is 5.91. The molecule has 1 spiro atoms. The van der Waals surface area contributed by atoms with E-state index in [1.807, 2.05) is 29.2 Å². The maximum absolute atomic E-state index is 13.4. The van der Waals surface area contributed by atoms with Crippen molar-refractivity contribution in [3.8, 4) is 10.6 Å². The summed E-state index contributed by atoms with van der Waals surface area (Å²) in [6, 6.07) is 14.4. The van der Waals surface area contributed by atoms with Crippen LogP contribution in [0.1, 0.15) is 68.2 Å². The molecule has 2 fully saturated rings. The molecule has 1 saturated carbocycles. The first-order valence-electron chi connectivity index (χ1n) is 14.7. The van der Waals surface area contributed by atoms with Crippen molar-refractivity contribution in [3.63, 3.8) is 0 Å². The Bertz CT molecular complexity index is 1620. The summed E-state index contributed by atoms with van der Waals surface area (Å²) in [6.45, 7) is 14.8. The number of nitrogens with one attached hydrogen (secondary N) is 2. The average Bonchev–Trinajstić information content (AvgIpc) is 3.74. The van der Waals surface area contributed by atoms with Crippen LogP contribution in [-0.2, 0) is 11.3 Å². The Morgan fingerprint density at radius 3 is 2.76 bits per heavy atom. The fourth-order valence-corrected chi connectivity index (χ4v) is 7.04. The lowest BCUT2D eigenvalue weighted by Crippen LogP contribution is -2.42. The van der Waals surface area contributed by atoms with Gasteiger partial charge in [-0.2, -0.15) is 0 Å². The Balaban J connectivity index is 1.26. The molecule has 2 N–H and O–H groups in total. The van der Waals surface area contributed by atoms with E-state index in [0.717, 1.165) is 66.1 Å². The molecule has 2 aliphatic rings. The predicted octanol–water partition coefficient (Wildman–Crippen LogP) is 6.87. The van der Waals surface area contributed by atoms with Crippen LogP contribution < -0.4 is 10.6 Å². The lowest BCUT2D eigenvalue weighted by molar-refractivity contribution is -0.125. The van der Waals surface area contributed by atoms with E-state index >= 15 is 0 Å². The minimum absolute atomic E-state index is 0.00291. The second-order valence-electron chi connectivity index (χ2n) is 13.0. The van der Waals surface area contributed by atoms with Crippen molar-refractivity contribution in [2.45, 2.75) is 65.6 Å². The van der Waals surface area contributed by atoms with Crippen molar-refractivity contribution < 1.29 is 14.0 Å². The van der Waals surface area contributed by atoms with Crippen molar-refractivity contribution in [1.82, 2.24) is 19.8 Å². The van der Waals surface area contributed by atoms with Gasteiger partial charge in [0.05, 0.1) is 27.1 Å². The van der Waals surface area contributed by atoms with Crippen LogP contribution in [-0.4, -0.2) is 45.4 Å². The van der Waals surface area contributed by atoms with Gasteiger partial charge in [0, 0.05) is 31.7 Å². The highest BCUT2D eigenvalue weighted by atomic mass is 32.1. The number of hydrogen-bond donors (Lipinski definition) is 2. The molecule has 42 heavy (non-hydrogen) atoms. The number of nitrogens with zero attached hydrogens (tertiary/aromatic N) is 3. The van der Waals surface area contributed by atoms with Gasteiger partial charge >= 0.3 is 0 Å². The van der Waals surface area contributed by atoms with Crippen LogP contribution in [0, 0.1) is 10.8 Å². The second-order valence-corrected chi connectivity index (χ2v) is 14.1. The Morgan fingerprint density at radius 2 is 2.05 bits per heavy atom. The molecule has 0 bridgehead atoms. The summed E-state index contributed by atoms with van der Waals surface area (Å²) in [7, 11) is 0. The topological polar surface area (TPSA) is 92.4 Å². The van der Waals surface area contributed by atoms with Crippen LogP contribution >= 0.6 is 11.3 Å². The second kappa shape index (κ2) is 10.9. The van der Waals surface area contributed by atoms with Gasteiger partial charge in [-0.25, -0.2) is 4.98 Å². The zero-order valence-corrected chi connectivity index (χ0v) is 25.6.